The number of rotatable bonds is 5. The minimum absolute atomic E-state index is 0.544. The smallest absolute Gasteiger partial charge is 0.229 e. The summed E-state index contributed by atoms with van der Waals surface area (Å²) in [6.45, 7) is 1.94. The normalized spacial score (nSPS) is 10.4. The van der Waals surface area contributed by atoms with Crippen molar-refractivity contribution in [2.24, 2.45) is 0 Å². The average Bonchev–Trinajstić information content (AvgIpc) is 2.54. The fraction of sp³-hybridized carbons (Fsp3) is 0.158. The predicted octanol–water partition coefficient (Wildman–Crippen LogP) is 4.99. The molecule has 2 N–H and O–H groups in total. The second-order valence-corrected chi connectivity index (χ2v) is 6.36. The number of anilines is 5. The van der Waals surface area contributed by atoms with Gasteiger partial charge in [-0.15, -0.1) is 0 Å². The number of hydrogen-bond donors (Lipinski definition) is 2. The number of halogens is 1. The lowest BCUT2D eigenvalue weighted by molar-refractivity contribution is 1.11. The van der Waals surface area contributed by atoms with Crippen LogP contribution < -0.4 is 15.5 Å². The van der Waals surface area contributed by atoms with Gasteiger partial charge in [-0.1, -0.05) is 17.7 Å². The molecule has 0 atom stereocenters. The lowest BCUT2D eigenvalue weighted by Gasteiger charge is -2.13. The highest BCUT2D eigenvalue weighted by Crippen LogP contribution is 2.22. The first-order valence-electron chi connectivity index (χ1n) is 7.92. The van der Waals surface area contributed by atoms with E-state index in [0.717, 1.165) is 22.8 Å². The molecule has 3 rings (SSSR count). The van der Waals surface area contributed by atoms with E-state index in [-0.39, 0.29) is 0 Å². The SMILES string of the molecule is Cc1cc(Nc2cccc(Cl)c2)nc(Nc2ccc(N(C)C)cc2)n1. The van der Waals surface area contributed by atoms with Crippen molar-refractivity contribution in [1.82, 2.24) is 9.97 Å². The summed E-state index contributed by atoms with van der Waals surface area (Å²) >= 11 is 6.03. The van der Waals surface area contributed by atoms with Crippen molar-refractivity contribution in [1.29, 1.82) is 0 Å². The maximum absolute atomic E-state index is 6.03. The summed E-state index contributed by atoms with van der Waals surface area (Å²) in [5.74, 6) is 1.25. The summed E-state index contributed by atoms with van der Waals surface area (Å²) in [5, 5.41) is 7.17. The van der Waals surface area contributed by atoms with Crippen molar-refractivity contribution in [3.63, 3.8) is 0 Å². The van der Waals surface area contributed by atoms with Gasteiger partial charge in [0.25, 0.3) is 0 Å². The van der Waals surface area contributed by atoms with Crippen LogP contribution in [-0.2, 0) is 0 Å². The number of aromatic nitrogens is 2. The van der Waals surface area contributed by atoms with Crippen molar-refractivity contribution in [2.45, 2.75) is 6.92 Å². The fourth-order valence-corrected chi connectivity index (χ4v) is 2.56. The molecule has 0 saturated heterocycles. The molecule has 0 amide bonds. The van der Waals surface area contributed by atoms with Crippen molar-refractivity contribution in [3.8, 4) is 0 Å². The van der Waals surface area contributed by atoms with Gasteiger partial charge in [0.15, 0.2) is 0 Å². The zero-order chi connectivity index (χ0) is 17.8. The number of aryl methyl sites for hydroxylation is 1. The van der Waals surface area contributed by atoms with Crippen LogP contribution in [0.1, 0.15) is 5.69 Å². The van der Waals surface area contributed by atoms with Gasteiger partial charge in [-0.2, -0.15) is 4.98 Å². The Balaban J connectivity index is 1.79. The lowest BCUT2D eigenvalue weighted by atomic mass is 10.2. The monoisotopic (exact) mass is 353 g/mol. The van der Waals surface area contributed by atoms with E-state index in [0.29, 0.717) is 16.8 Å². The molecular weight excluding hydrogens is 334 g/mol. The first-order valence-corrected chi connectivity index (χ1v) is 8.30. The Morgan fingerprint density at radius 1 is 0.880 bits per heavy atom. The van der Waals surface area contributed by atoms with Gasteiger partial charge in [0.05, 0.1) is 0 Å². The van der Waals surface area contributed by atoms with Crippen LogP contribution in [-0.4, -0.2) is 24.1 Å². The molecule has 0 saturated carbocycles. The average molecular weight is 354 g/mol. The summed E-state index contributed by atoms with van der Waals surface area (Å²) < 4.78 is 0. The summed E-state index contributed by atoms with van der Waals surface area (Å²) in [7, 11) is 4.03. The Labute approximate surface area is 152 Å². The quantitative estimate of drug-likeness (QED) is 0.676. The second-order valence-electron chi connectivity index (χ2n) is 5.92. The molecule has 0 fully saturated rings. The summed E-state index contributed by atoms with van der Waals surface area (Å²) in [6.07, 6.45) is 0. The molecule has 0 unspecified atom stereocenters. The van der Waals surface area contributed by atoms with E-state index in [2.05, 4.69) is 25.5 Å². The molecule has 3 aromatic rings. The van der Waals surface area contributed by atoms with Gasteiger partial charge in [-0.25, -0.2) is 4.98 Å². The van der Waals surface area contributed by atoms with Crippen LogP contribution in [0.3, 0.4) is 0 Å². The highest BCUT2D eigenvalue weighted by molar-refractivity contribution is 6.30. The van der Waals surface area contributed by atoms with E-state index in [1.807, 2.05) is 75.6 Å². The van der Waals surface area contributed by atoms with E-state index in [1.165, 1.54) is 0 Å². The third-order valence-corrected chi connectivity index (χ3v) is 3.83. The van der Waals surface area contributed by atoms with Gasteiger partial charge in [-0.05, 0) is 49.4 Å². The Kier molecular flexibility index (Phi) is 5.05. The molecule has 6 heteroatoms. The van der Waals surface area contributed by atoms with Crippen molar-refractivity contribution >= 4 is 40.4 Å². The maximum atomic E-state index is 6.03. The molecule has 0 bridgehead atoms. The molecule has 0 radical (unpaired) electrons. The first kappa shape index (κ1) is 17.0. The van der Waals surface area contributed by atoms with E-state index in [1.54, 1.807) is 0 Å². The van der Waals surface area contributed by atoms with Gasteiger partial charge in [-0.3, -0.25) is 0 Å². The van der Waals surface area contributed by atoms with Gasteiger partial charge in [0, 0.05) is 47.9 Å². The largest absolute Gasteiger partial charge is 0.378 e. The zero-order valence-corrected chi connectivity index (χ0v) is 15.2. The number of hydrogen-bond acceptors (Lipinski definition) is 5. The van der Waals surface area contributed by atoms with E-state index < -0.39 is 0 Å². The summed E-state index contributed by atoms with van der Waals surface area (Å²) in [6, 6.07) is 17.5. The molecule has 0 aliphatic carbocycles. The molecule has 0 spiro atoms. The molecule has 2 aromatic carbocycles. The minimum Gasteiger partial charge on any atom is -0.378 e. The van der Waals surface area contributed by atoms with E-state index in [9.17, 15) is 0 Å². The number of nitrogens with one attached hydrogen (secondary N) is 2. The van der Waals surface area contributed by atoms with Crippen LogP contribution in [0.2, 0.25) is 5.02 Å². The first-order chi connectivity index (χ1) is 12.0. The van der Waals surface area contributed by atoms with Gasteiger partial charge < -0.3 is 15.5 Å². The Hall–Kier alpha value is -2.79. The van der Waals surface area contributed by atoms with Crippen LogP contribution in [0, 0.1) is 6.92 Å². The van der Waals surface area contributed by atoms with Crippen LogP contribution in [0.5, 0.6) is 0 Å². The zero-order valence-electron chi connectivity index (χ0n) is 14.4. The molecule has 1 heterocycles. The van der Waals surface area contributed by atoms with Crippen molar-refractivity contribution < 1.29 is 0 Å². The van der Waals surface area contributed by atoms with Crippen LogP contribution in [0.25, 0.3) is 0 Å². The number of nitrogens with zero attached hydrogens (tertiary/aromatic N) is 3. The summed E-state index contributed by atoms with van der Waals surface area (Å²) in [5.41, 5.74) is 3.82. The van der Waals surface area contributed by atoms with E-state index >= 15 is 0 Å². The Bertz CT molecular complexity index is 862. The Morgan fingerprint density at radius 3 is 2.32 bits per heavy atom. The standard InChI is InChI=1S/C19H20ClN5/c1-13-11-18(22-16-6-4-5-14(20)12-16)24-19(21-13)23-15-7-9-17(10-8-15)25(2)3/h4-12H,1-3H3,(H2,21,22,23,24). The molecule has 1 aromatic heterocycles. The van der Waals surface area contributed by atoms with Gasteiger partial charge in [0.1, 0.15) is 5.82 Å². The molecular formula is C19H20ClN5. The molecule has 0 aliphatic rings. The summed E-state index contributed by atoms with van der Waals surface area (Å²) in [4.78, 5) is 11.0. The Morgan fingerprint density at radius 2 is 1.64 bits per heavy atom. The molecule has 128 valence electrons. The second kappa shape index (κ2) is 7.40. The highest BCUT2D eigenvalue weighted by atomic mass is 35.5. The predicted molar refractivity (Wildman–Crippen MR) is 106 cm³/mol. The third-order valence-electron chi connectivity index (χ3n) is 3.59. The third kappa shape index (κ3) is 4.61. The maximum Gasteiger partial charge on any atom is 0.229 e. The topological polar surface area (TPSA) is 53.1 Å². The fourth-order valence-electron chi connectivity index (χ4n) is 2.37. The number of benzene rings is 2. The van der Waals surface area contributed by atoms with Crippen LogP contribution in [0.15, 0.2) is 54.6 Å². The van der Waals surface area contributed by atoms with Crippen LogP contribution in [0.4, 0.5) is 28.8 Å². The van der Waals surface area contributed by atoms with Crippen molar-refractivity contribution in [2.75, 3.05) is 29.6 Å². The molecule has 25 heavy (non-hydrogen) atoms. The lowest BCUT2D eigenvalue weighted by Crippen LogP contribution is -2.08. The van der Waals surface area contributed by atoms with Crippen LogP contribution >= 0.6 is 11.6 Å². The molecule has 5 nitrogen and oxygen atoms in total. The minimum atomic E-state index is 0.544. The molecule has 0 aliphatic heterocycles. The van der Waals surface area contributed by atoms with Gasteiger partial charge >= 0.3 is 0 Å². The van der Waals surface area contributed by atoms with E-state index in [4.69, 9.17) is 11.6 Å². The van der Waals surface area contributed by atoms with Gasteiger partial charge in [0.2, 0.25) is 5.95 Å². The highest BCUT2D eigenvalue weighted by Gasteiger charge is 2.04. The van der Waals surface area contributed by atoms with Crippen molar-refractivity contribution in [3.05, 3.63) is 65.3 Å².